The first-order valence-electron chi connectivity index (χ1n) is 6.34. The minimum atomic E-state index is -0.684. The van der Waals surface area contributed by atoms with Gasteiger partial charge in [-0.3, -0.25) is 9.36 Å². The van der Waals surface area contributed by atoms with Gasteiger partial charge in [-0.15, -0.1) is 0 Å². The summed E-state index contributed by atoms with van der Waals surface area (Å²) in [6, 6.07) is 8.45. The summed E-state index contributed by atoms with van der Waals surface area (Å²) in [4.78, 5) is 15.0. The Morgan fingerprint density at radius 1 is 1.14 bits per heavy atom. The van der Waals surface area contributed by atoms with Gasteiger partial charge in [0.2, 0.25) is 0 Å². The lowest BCUT2D eigenvalue weighted by Crippen LogP contribution is -1.99. The standard InChI is InChI=1S/C16H9BrF2N2O/c17-14-8-12(3-1-10(14)9-22)21-6-5-20-16(21)13-4-2-11(18)7-15(13)19/h1-9H. The van der Waals surface area contributed by atoms with Gasteiger partial charge in [0.05, 0.1) is 5.56 Å². The lowest BCUT2D eigenvalue weighted by Gasteiger charge is -2.10. The zero-order valence-corrected chi connectivity index (χ0v) is 12.7. The van der Waals surface area contributed by atoms with Crippen molar-refractivity contribution in [2.24, 2.45) is 0 Å². The van der Waals surface area contributed by atoms with Crippen LogP contribution in [0.1, 0.15) is 10.4 Å². The number of imidazole rings is 1. The Morgan fingerprint density at radius 3 is 2.64 bits per heavy atom. The summed E-state index contributed by atoms with van der Waals surface area (Å²) in [5.41, 5.74) is 1.41. The van der Waals surface area contributed by atoms with Crippen LogP contribution in [-0.4, -0.2) is 15.8 Å². The number of halogens is 3. The van der Waals surface area contributed by atoms with Gasteiger partial charge in [-0.25, -0.2) is 13.8 Å². The molecule has 0 N–H and O–H groups in total. The highest BCUT2D eigenvalue weighted by atomic mass is 79.9. The van der Waals surface area contributed by atoms with Crippen molar-refractivity contribution in [3.05, 3.63) is 70.5 Å². The molecule has 0 aliphatic heterocycles. The summed E-state index contributed by atoms with van der Waals surface area (Å²) in [7, 11) is 0. The van der Waals surface area contributed by atoms with Gasteiger partial charge < -0.3 is 0 Å². The summed E-state index contributed by atoms with van der Waals surface area (Å²) in [5.74, 6) is -0.975. The number of hydrogen-bond acceptors (Lipinski definition) is 2. The van der Waals surface area contributed by atoms with Crippen molar-refractivity contribution in [1.82, 2.24) is 9.55 Å². The third kappa shape index (κ3) is 2.57. The normalized spacial score (nSPS) is 10.7. The van der Waals surface area contributed by atoms with Crippen LogP contribution in [0.4, 0.5) is 8.78 Å². The summed E-state index contributed by atoms with van der Waals surface area (Å²) in [6.07, 6.45) is 3.93. The Bertz CT molecular complexity index is 861. The molecule has 0 saturated carbocycles. The lowest BCUT2D eigenvalue weighted by molar-refractivity contribution is 0.112. The first kappa shape index (κ1) is 14.6. The minimum absolute atomic E-state index is 0.196. The Hall–Kier alpha value is -2.34. The number of hydrogen-bond donors (Lipinski definition) is 0. The SMILES string of the molecule is O=Cc1ccc(-n2ccnc2-c2ccc(F)cc2F)cc1Br. The molecule has 2 aromatic carbocycles. The monoisotopic (exact) mass is 362 g/mol. The van der Waals surface area contributed by atoms with Crippen LogP contribution in [-0.2, 0) is 0 Å². The molecule has 0 atom stereocenters. The molecule has 0 saturated heterocycles. The number of aromatic nitrogens is 2. The quantitative estimate of drug-likeness (QED) is 0.647. The smallest absolute Gasteiger partial charge is 0.151 e. The van der Waals surface area contributed by atoms with E-state index in [1.807, 2.05) is 0 Å². The van der Waals surface area contributed by atoms with Gasteiger partial charge in [0.1, 0.15) is 17.5 Å². The largest absolute Gasteiger partial charge is 0.300 e. The van der Waals surface area contributed by atoms with Crippen LogP contribution in [0.15, 0.2) is 53.3 Å². The highest BCUT2D eigenvalue weighted by Gasteiger charge is 2.13. The summed E-state index contributed by atoms with van der Waals surface area (Å²) < 4.78 is 29.3. The van der Waals surface area contributed by atoms with E-state index in [4.69, 9.17) is 0 Å². The topological polar surface area (TPSA) is 34.9 Å². The van der Waals surface area contributed by atoms with E-state index in [-0.39, 0.29) is 5.56 Å². The molecular formula is C16H9BrF2N2O. The molecule has 0 spiro atoms. The van der Waals surface area contributed by atoms with E-state index in [9.17, 15) is 13.6 Å². The van der Waals surface area contributed by atoms with Gasteiger partial charge in [-0.2, -0.15) is 0 Å². The van der Waals surface area contributed by atoms with Crippen molar-refractivity contribution in [2.45, 2.75) is 0 Å². The van der Waals surface area contributed by atoms with Gasteiger partial charge in [0.25, 0.3) is 0 Å². The second kappa shape index (κ2) is 5.81. The zero-order chi connectivity index (χ0) is 15.7. The Morgan fingerprint density at radius 2 is 1.95 bits per heavy atom. The first-order valence-corrected chi connectivity index (χ1v) is 7.13. The molecule has 0 unspecified atom stereocenters. The summed E-state index contributed by atoms with van der Waals surface area (Å²) in [6.45, 7) is 0. The molecule has 0 radical (unpaired) electrons. The highest BCUT2D eigenvalue weighted by Crippen LogP contribution is 2.26. The van der Waals surface area contributed by atoms with E-state index in [1.165, 1.54) is 18.3 Å². The Labute approximate surface area is 133 Å². The van der Waals surface area contributed by atoms with Crippen molar-refractivity contribution >= 4 is 22.2 Å². The fourth-order valence-corrected chi connectivity index (χ4v) is 2.60. The summed E-state index contributed by atoms with van der Waals surface area (Å²) in [5, 5.41) is 0. The van der Waals surface area contributed by atoms with Crippen molar-refractivity contribution in [1.29, 1.82) is 0 Å². The first-order chi connectivity index (χ1) is 10.6. The average Bonchev–Trinajstić information content (AvgIpc) is 2.96. The molecule has 0 aliphatic carbocycles. The number of nitrogens with zero attached hydrogens (tertiary/aromatic N) is 2. The number of rotatable bonds is 3. The molecule has 6 heteroatoms. The third-order valence-corrected chi connectivity index (χ3v) is 3.89. The van der Waals surface area contributed by atoms with E-state index in [1.54, 1.807) is 29.0 Å². The zero-order valence-electron chi connectivity index (χ0n) is 11.1. The fourth-order valence-electron chi connectivity index (χ4n) is 2.14. The molecule has 0 fully saturated rings. The van der Waals surface area contributed by atoms with Crippen LogP contribution >= 0.6 is 15.9 Å². The lowest BCUT2D eigenvalue weighted by atomic mass is 10.1. The second-order valence-electron chi connectivity index (χ2n) is 4.57. The molecule has 110 valence electrons. The number of benzene rings is 2. The summed E-state index contributed by atoms with van der Waals surface area (Å²) >= 11 is 3.31. The maximum atomic E-state index is 14.0. The van der Waals surface area contributed by atoms with Gasteiger partial charge in [-0.1, -0.05) is 0 Å². The maximum Gasteiger partial charge on any atom is 0.151 e. The van der Waals surface area contributed by atoms with Gasteiger partial charge >= 0.3 is 0 Å². The third-order valence-electron chi connectivity index (χ3n) is 3.20. The Balaban J connectivity index is 2.13. The fraction of sp³-hybridized carbons (Fsp3) is 0. The highest BCUT2D eigenvalue weighted by molar-refractivity contribution is 9.10. The molecule has 3 aromatic rings. The molecule has 0 aliphatic rings. The van der Waals surface area contributed by atoms with Gasteiger partial charge in [-0.05, 0) is 46.3 Å². The van der Waals surface area contributed by atoms with Crippen LogP contribution in [0.3, 0.4) is 0 Å². The van der Waals surface area contributed by atoms with E-state index in [0.717, 1.165) is 12.4 Å². The number of carbonyl (C=O) groups excluding carboxylic acids is 1. The Kier molecular flexibility index (Phi) is 3.85. The number of aldehydes is 1. The van der Waals surface area contributed by atoms with Crippen LogP contribution in [0.2, 0.25) is 0 Å². The predicted octanol–water partition coefficient (Wildman–Crippen LogP) is 4.39. The van der Waals surface area contributed by atoms with Gasteiger partial charge in [0.15, 0.2) is 6.29 Å². The minimum Gasteiger partial charge on any atom is -0.300 e. The van der Waals surface area contributed by atoms with E-state index in [2.05, 4.69) is 20.9 Å². The molecule has 1 heterocycles. The number of carbonyl (C=O) groups is 1. The van der Waals surface area contributed by atoms with Crippen molar-refractivity contribution in [3.8, 4) is 17.1 Å². The van der Waals surface area contributed by atoms with Crippen LogP contribution < -0.4 is 0 Å². The molecule has 3 nitrogen and oxygen atoms in total. The van der Waals surface area contributed by atoms with E-state index in [0.29, 0.717) is 21.5 Å². The van der Waals surface area contributed by atoms with E-state index < -0.39 is 11.6 Å². The van der Waals surface area contributed by atoms with Crippen molar-refractivity contribution < 1.29 is 13.6 Å². The maximum absolute atomic E-state index is 14.0. The molecule has 1 aromatic heterocycles. The molecule has 0 bridgehead atoms. The van der Waals surface area contributed by atoms with Crippen LogP contribution in [0, 0.1) is 11.6 Å². The van der Waals surface area contributed by atoms with Crippen LogP contribution in [0.5, 0.6) is 0 Å². The second-order valence-corrected chi connectivity index (χ2v) is 5.42. The molecule has 22 heavy (non-hydrogen) atoms. The predicted molar refractivity (Wildman–Crippen MR) is 82.0 cm³/mol. The van der Waals surface area contributed by atoms with Crippen LogP contribution in [0.25, 0.3) is 17.1 Å². The van der Waals surface area contributed by atoms with Gasteiger partial charge in [0, 0.05) is 34.2 Å². The van der Waals surface area contributed by atoms with Crippen molar-refractivity contribution in [3.63, 3.8) is 0 Å². The molecule has 0 amide bonds. The average molecular weight is 363 g/mol. The molecule has 3 rings (SSSR count). The molecular weight excluding hydrogens is 354 g/mol. The van der Waals surface area contributed by atoms with E-state index >= 15 is 0 Å². The van der Waals surface area contributed by atoms with Crippen molar-refractivity contribution in [2.75, 3.05) is 0 Å².